The summed E-state index contributed by atoms with van der Waals surface area (Å²) in [4.78, 5) is 3.65. The van der Waals surface area contributed by atoms with Gasteiger partial charge in [0.2, 0.25) is 5.60 Å². The summed E-state index contributed by atoms with van der Waals surface area (Å²) in [5.41, 5.74) is 2.94. The number of aromatic nitrogens is 2. The summed E-state index contributed by atoms with van der Waals surface area (Å²) >= 11 is 0. The lowest BCUT2D eigenvalue weighted by Crippen LogP contribution is -2.44. The Morgan fingerprint density at radius 3 is 2.90 bits per heavy atom. The van der Waals surface area contributed by atoms with Gasteiger partial charge in [0, 0.05) is 6.20 Å². The lowest BCUT2D eigenvalue weighted by molar-refractivity contribution is -0.0940. The number of aliphatic hydroxyl groups excluding tert-OH is 2. The van der Waals surface area contributed by atoms with Crippen molar-refractivity contribution >= 4 is 5.82 Å². The van der Waals surface area contributed by atoms with Crippen LogP contribution in [0.2, 0.25) is 0 Å². The molecular formula is C10H12FN5O4. The molecule has 0 spiro atoms. The number of nitriles is 1. The Hall–Kier alpha value is -2.22. The number of aliphatic hydroxyl groups is 2. The van der Waals surface area contributed by atoms with Crippen LogP contribution in [0.3, 0.4) is 0 Å². The number of nitrogens with zero attached hydrogens (tertiary/aromatic N) is 4. The summed E-state index contributed by atoms with van der Waals surface area (Å²) in [6.45, 7) is -0.893. The maximum atomic E-state index is 14.1. The number of halogens is 1. The molecule has 108 valence electrons. The molecule has 0 bridgehead atoms. The van der Waals surface area contributed by atoms with Gasteiger partial charge < -0.3 is 25.9 Å². The third-order valence-electron chi connectivity index (χ3n) is 3.04. The van der Waals surface area contributed by atoms with Gasteiger partial charge >= 0.3 is 0 Å². The number of alkyl halides is 1. The van der Waals surface area contributed by atoms with Crippen LogP contribution in [-0.4, -0.2) is 49.5 Å². The Balaban J connectivity index is 2.49. The van der Waals surface area contributed by atoms with E-state index in [-0.39, 0.29) is 11.4 Å². The van der Waals surface area contributed by atoms with Gasteiger partial charge in [0.1, 0.15) is 18.0 Å². The van der Waals surface area contributed by atoms with Gasteiger partial charge in [-0.05, 0) is 11.2 Å². The summed E-state index contributed by atoms with van der Waals surface area (Å²) < 4.78 is 20.2. The molecule has 9 nitrogen and oxygen atoms in total. The zero-order valence-electron chi connectivity index (χ0n) is 10.1. The fourth-order valence-corrected chi connectivity index (χ4v) is 1.94. The van der Waals surface area contributed by atoms with Gasteiger partial charge in [-0.15, -0.1) is 0 Å². The second-order valence-corrected chi connectivity index (χ2v) is 4.22. The van der Waals surface area contributed by atoms with E-state index < -0.39 is 30.7 Å². The quantitative estimate of drug-likeness (QED) is 0.371. The van der Waals surface area contributed by atoms with Crippen molar-refractivity contribution in [2.24, 2.45) is 5.16 Å². The van der Waals surface area contributed by atoms with Crippen LogP contribution >= 0.6 is 0 Å². The zero-order valence-corrected chi connectivity index (χ0v) is 10.1. The van der Waals surface area contributed by atoms with Crippen LogP contribution in [0, 0.1) is 11.3 Å². The summed E-state index contributed by atoms with van der Waals surface area (Å²) in [6.07, 6.45) is -4.15. The Morgan fingerprint density at radius 1 is 1.70 bits per heavy atom. The van der Waals surface area contributed by atoms with E-state index in [0.717, 1.165) is 4.57 Å². The van der Waals surface area contributed by atoms with Crippen molar-refractivity contribution in [1.82, 2.24) is 9.55 Å². The minimum absolute atomic E-state index is 0.0247. The van der Waals surface area contributed by atoms with Crippen LogP contribution in [0.1, 0.15) is 6.23 Å². The molecule has 0 unspecified atom stereocenters. The molecule has 20 heavy (non-hydrogen) atoms. The van der Waals surface area contributed by atoms with E-state index in [1.54, 1.807) is 6.07 Å². The van der Waals surface area contributed by atoms with Crippen LogP contribution in [0.4, 0.5) is 10.2 Å². The van der Waals surface area contributed by atoms with E-state index >= 15 is 0 Å². The maximum absolute atomic E-state index is 14.1. The van der Waals surface area contributed by atoms with Gasteiger partial charge in [0.25, 0.3) is 5.62 Å². The smallest absolute Gasteiger partial charge is 0.270 e. The first-order valence-electron chi connectivity index (χ1n) is 5.54. The fraction of sp³-hybridized carbons (Fsp3) is 0.500. The van der Waals surface area contributed by atoms with Crippen molar-refractivity contribution in [3.05, 3.63) is 17.9 Å². The largest absolute Gasteiger partial charge is 0.408 e. The first-order chi connectivity index (χ1) is 9.49. The lowest BCUT2D eigenvalue weighted by Gasteiger charge is -2.21. The van der Waals surface area contributed by atoms with Crippen LogP contribution in [-0.2, 0) is 4.74 Å². The van der Waals surface area contributed by atoms with Crippen molar-refractivity contribution in [1.29, 1.82) is 5.26 Å². The summed E-state index contributed by atoms with van der Waals surface area (Å²) in [6, 6.07) is 2.84. The molecule has 0 aliphatic carbocycles. The van der Waals surface area contributed by atoms with Crippen LogP contribution < -0.4 is 11.4 Å². The van der Waals surface area contributed by atoms with Crippen molar-refractivity contribution in [2.75, 3.05) is 12.3 Å². The Morgan fingerprint density at radius 2 is 2.40 bits per heavy atom. The molecule has 1 aliphatic heterocycles. The number of rotatable bonds is 2. The van der Waals surface area contributed by atoms with Gasteiger partial charge in [-0.3, -0.25) is 4.57 Å². The molecule has 0 amide bonds. The molecule has 2 rings (SSSR count). The number of anilines is 1. The Kier molecular flexibility index (Phi) is 3.58. The number of hydrogen-bond donors (Lipinski definition) is 4. The summed E-state index contributed by atoms with van der Waals surface area (Å²) in [5, 5.41) is 39.5. The average molecular weight is 285 g/mol. The molecule has 1 aliphatic rings. The van der Waals surface area contributed by atoms with E-state index in [1.165, 1.54) is 12.3 Å². The van der Waals surface area contributed by atoms with Gasteiger partial charge in [-0.1, -0.05) is 0 Å². The van der Waals surface area contributed by atoms with Crippen molar-refractivity contribution < 1.29 is 24.5 Å². The molecule has 1 aromatic heterocycles. The van der Waals surface area contributed by atoms with Crippen LogP contribution in [0.5, 0.6) is 0 Å². The van der Waals surface area contributed by atoms with Gasteiger partial charge in [-0.2, -0.15) is 10.2 Å². The highest BCUT2D eigenvalue weighted by Gasteiger charge is 2.56. The van der Waals surface area contributed by atoms with Crippen molar-refractivity contribution in [3.8, 4) is 6.07 Å². The molecule has 1 fully saturated rings. The highest BCUT2D eigenvalue weighted by molar-refractivity contribution is 5.24. The predicted molar refractivity (Wildman–Crippen MR) is 60.4 cm³/mol. The molecule has 0 radical (unpaired) electrons. The third kappa shape index (κ3) is 1.97. The first kappa shape index (κ1) is 14.2. The molecule has 0 aromatic carbocycles. The molecular weight excluding hydrogens is 273 g/mol. The molecule has 1 aromatic rings. The normalized spacial score (nSPS) is 34.1. The lowest BCUT2D eigenvalue weighted by atomic mass is 9.99. The van der Waals surface area contributed by atoms with E-state index in [9.17, 15) is 9.50 Å². The highest BCUT2D eigenvalue weighted by Crippen LogP contribution is 2.37. The molecule has 0 saturated carbocycles. The SMILES string of the molecule is N#C[C@]1(CO)O[C@@H](n2ccc(N)n/c2=N\O)[C@H](F)[C@@H]1O. The standard InChI is InChI=1S/C10H12FN5O4/c11-6-7(18)10(3-12,4-17)20-8(6)16-2-1-5(13)14-9(16)15-19/h1-2,6-8,17-19H,4H2,(H2,13,14,15)/t6-,7+,8-,10-/m1/s1. The summed E-state index contributed by atoms with van der Waals surface area (Å²) in [7, 11) is 0. The monoisotopic (exact) mass is 285 g/mol. The minimum atomic E-state index is -2.09. The van der Waals surface area contributed by atoms with Crippen molar-refractivity contribution in [2.45, 2.75) is 24.1 Å². The van der Waals surface area contributed by atoms with Crippen LogP contribution in [0.15, 0.2) is 17.4 Å². The minimum Gasteiger partial charge on any atom is -0.408 e. The first-order valence-corrected chi connectivity index (χ1v) is 5.54. The number of ether oxygens (including phenoxy) is 1. The van der Waals surface area contributed by atoms with Gasteiger partial charge in [-0.25, -0.2) is 4.39 Å². The van der Waals surface area contributed by atoms with E-state index in [2.05, 4.69) is 10.1 Å². The average Bonchev–Trinajstić information content (AvgIpc) is 2.72. The van der Waals surface area contributed by atoms with Crippen molar-refractivity contribution in [3.63, 3.8) is 0 Å². The molecule has 10 heteroatoms. The second kappa shape index (κ2) is 5.04. The number of hydrogen-bond acceptors (Lipinski definition) is 8. The number of nitrogen functional groups attached to an aromatic ring is 1. The maximum Gasteiger partial charge on any atom is 0.270 e. The summed E-state index contributed by atoms with van der Waals surface area (Å²) in [5.74, 6) is 0.0247. The van der Waals surface area contributed by atoms with Gasteiger partial charge in [0.15, 0.2) is 12.4 Å². The molecule has 1 saturated heterocycles. The molecule has 5 N–H and O–H groups in total. The number of nitrogens with two attached hydrogens (primary N) is 1. The fourth-order valence-electron chi connectivity index (χ4n) is 1.94. The molecule has 2 heterocycles. The second-order valence-electron chi connectivity index (χ2n) is 4.22. The predicted octanol–water partition coefficient (Wildman–Crippen LogP) is -1.76. The highest BCUT2D eigenvalue weighted by atomic mass is 19.1. The van der Waals surface area contributed by atoms with E-state index in [0.29, 0.717) is 0 Å². The van der Waals surface area contributed by atoms with E-state index in [1.807, 2.05) is 0 Å². The topological polar surface area (TPSA) is 150 Å². The van der Waals surface area contributed by atoms with Crippen LogP contribution in [0.25, 0.3) is 0 Å². The Bertz CT molecular complexity index is 614. The zero-order chi connectivity index (χ0) is 14.9. The van der Waals surface area contributed by atoms with Gasteiger partial charge in [0.05, 0.1) is 6.61 Å². The molecule has 4 atom stereocenters. The third-order valence-corrected chi connectivity index (χ3v) is 3.04. The van der Waals surface area contributed by atoms with E-state index in [4.69, 9.17) is 26.0 Å². The Labute approximate surface area is 112 Å².